The molecule has 3 aromatic carbocycles. The van der Waals surface area contributed by atoms with Crippen molar-refractivity contribution in [2.45, 2.75) is 12.8 Å². The van der Waals surface area contributed by atoms with Crippen LogP contribution in [0.3, 0.4) is 0 Å². The average molecular weight is 463 g/mol. The summed E-state index contributed by atoms with van der Waals surface area (Å²) in [6.07, 6.45) is 1.60. The molecule has 0 N–H and O–H groups in total. The number of hydrogen-bond acceptors (Lipinski definition) is 5. The highest BCUT2D eigenvalue weighted by Gasteiger charge is 2.22. The van der Waals surface area contributed by atoms with Gasteiger partial charge in [0.05, 0.1) is 0 Å². The summed E-state index contributed by atoms with van der Waals surface area (Å²) in [4.78, 5) is 22.1. The fourth-order valence-corrected chi connectivity index (χ4v) is 4.91. The standard InChI is InChI=1S/C25H23ClN4OS/c26-22-10-6-18(7-11-22)16-23-27-25(32-28-23)30-13-3-12-29(14-15-30)24(31)21-9-8-19-4-1-2-5-20(19)17-21/h1-2,4-11,17H,3,12-16H2. The van der Waals surface area contributed by atoms with Crippen LogP contribution in [0.5, 0.6) is 0 Å². The molecule has 1 aromatic heterocycles. The van der Waals surface area contributed by atoms with Crippen LogP contribution < -0.4 is 4.90 Å². The van der Waals surface area contributed by atoms with Gasteiger partial charge < -0.3 is 9.80 Å². The molecule has 2 heterocycles. The fraction of sp³-hybridized carbons (Fsp3) is 0.240. The first-order valence-electron chi connectivity index (χ1n) is 10.8. The van der Waals surface area contributed by atoms with Gasteiger partial charge in [-0.15, -0.1) is 0 Å². The fourth-order valence-electron chi connectivity index (χ4n) is 4.05. The predicted molar refractivity (Wildman–Crippen MR) is 131 cm³/mol. The largest absolute Gasteiger partial charge is 0.345 e. The third-order valence-corrected chi connectivity index (χ3v) is 6.85. The number of hydrogen-bond donors (Lipinski definition) is 0. The van der Waals surface area contributed by atoms with Crippen molar-refractivity contribution < 1.29 is 4.79 Å². The zero-order chi connectivity index (χ0) is 21.9. The Morgan fingerprint density at radius 2 is 1.75 bits per heavy atom. The quantitative estimate of drug-likeness (QED) is 0.413. The Morgan fingerprint density at radius 3 is 2.59 bits per heavy atom. The Labute approximate surface area is 196 Å². The van der Waals surface area contributed by atoms with E-state index in [1.807, 2.05) is 65.6 Å². The van der Waals surface area contributed by atoms with Crippen LogP contribution in [0.2, 0.25) is 5.02 Å². The highest BCUT2D eigenvalue weighted by Crippen LogP contribution is 2.22. The topological polar surface area (TPSA) is 49.3 Å². The van der Waals surface area contributed by atoms with Crippen LogP contribution >= 0.6 is 23.1 Å². The van der Waals surface area contributed by atoms with Gasteiger partial charge in [-0.2, -0.15) is 4.37 Å². The SMILES string of the molecule is O=C(c1ccc2ccccc2c1)N1CCCN(c2nc(Cc3ccc(Cl)cc3)ns2)CC1. The maximum atomic E-state index is 13.1. The Balaban J connectivity index is 1.24. The van der Waals surface area contributed by atoms with E-state index in [0.717, 1.165) is 63.9 Å². The monoisotopic (exact) mass is 462 g/mol. The minimum Gasteiger partial charge on any atom is -0.345 e. The van der Waals surface area contributed by atoms with Gasteiger partial charge in [-0.3, -0.25) is 4.79 Å². The van der Waals surface area contributed by atoms with Crippen LogP contribution in [0, 0.1) is 0 Å². The van der Waals surface area contributed by atoms with E-state index in [1.165, 1.54) is 11.5 Å². The third-order valence-electron chi connectivity index (χ3n) is 5.78. The molecule has 4 aromatic rings. The summed E-state index contributed by atoms with van der Waals surface area (Å²) >= 11 is 7.40. The van der Waals surface area contributed by atoms with Gasteiger partial charge in [-0.1, -0.05) is 54.1 Å². The van der Waals surface area contributed by atoms with Gasteiger partial charge in [0.1, 0.15) is 5.82 Å². The number of aromatic nitrogens is 2. The summed E-state index contributed by atoms with van der Waals surface area (Å²) in [6, 6.07) is 21.9. The Bertz CT molecular complexity index is 1240. The number of fused-ring (bicyclic) bond motifs is 1. The molecule has 1 amide bonds. The van der Waals surface area contributed by atoms with Gasteiger partial charge in [0.15, 0.2) is 0 Å². The zero-order valence-electron chi connectivity index (χ0n) is 17.6. The summed E-state index contributed by atoms with van der Waals surface area (Å²) < 4.78 is 4.55. The average Bonchev–Trinajstić information content (AvgIpc) is 3.14. The molecular weight excluding hydrogens is 440 g/mol. The first-order valence-corrected chi connectivity index (χ1v) is 11.9. The summed E-state index contributed by atoms with van der Waals surface area (Å²) in [5, 5.41) is 3.90. The summed E-state index contributed by atoms with van der Waals surface area (Å²) in [7, 11) is 0. The Morgan fingerprint density at radius 1 is 0.938 bits per heavy atom. The second-order valence-electron chi connectivity index (χ2n) is 7.99. The van der Waals surface area contributed by atoms with Crippen molar-refractivity contribution in [1.82, 2.24) is 14.3 Å². The number of carbonyl (C=O) groups excluding carboxylic acids is 1. The number of amides is 1. The summed E-state index contributed by atoms with van der Waals surface area (Å²) in [5.41, 5.74) is 1.89. The van der Waals surface area contributed by atoms with E-state index in [1.54, 1.807) is 0 Å². The van der Waals surface area contributed by atoms with E-state index < -0.39 is 0 Å². The first-order chi connectivity index (χ1) is 15.7. The molecule has 0 saturated carbocycles. The van der Waals surface area contributed by atoms with Crippen molar-refractivity contribution in [3.63, 3.8) is 0 Å². The molecule has 1 fully saturated rings. The number of halogens is 1. The Kier molecular flexibility index (Phi) is 6.06. The van der Waals surface area contributed by atoms with Crippen molar-refractivity contribution in [1.29, 1.82) is 0 Å². The number of rotatable bonds is 4. The number of benzene rings is 3. The molecule has 0 spiro atoms. The smallest absolute Gasteiger partial charge is 0.253 e. The molecule has 1 aliphatic rings. The highest BCUT2D eigenvalue weighted by atomic mass is 35.5. The lowest BCUT2D eigenvalue weighted by molar-refractivity contribution is 0.0767. The molecule has 5 nitrogen and oxygen atoms in total. The minimum absolute atomic E-state index is 0.0956. The van der Waals surface area contributed by atoms with Gasteiger partial charge in [-0.25, -0.2) is 4.98 Å². The van der Waals surface area contributed by atoms with Crippen LogP contribution in [0.1, 0.15) is 28.2 Å². The van der Waals surface area contributed by atoms with Crippen molar-refractivity contribution in [3.8, 4) is 0 Å². The maximum absolute atomic E-state index is 13.1. The minimum atomic E-state index is 0.0956. The van der Waals surface area contributed by atoms with Gasteiger partial charge in [-0.05, 0) is 47.0 Å². The highest BCUT2D eigenvalue weighted by molar-refractivity contribution is 7.09. The lowest BCUT2D eigenvalue weighted by Crippen LogP contribution is -2.35. The van der Waals surface area contributed by atoms with E-state index in [9.17, 15) is 4.79 Å². The molecule has 7 heteroatoms. The molecule has 0 atom stereocenters. The van der Waals surface area contributed by atoms with Crippen LogP contribution in [0.4, 0.5) is 5.13 Å². The van der Waals surface area contributed by atoms with Crippen LogP contribution in [-0.2, 0) is 6.42 Å². The van der Waals surface area contributed by atoms with Gasteiger partial charge >= 0.3 is 0 Å². The van der Waals surface area contributed by atoms with Gasteiger partial charge in [0.2, 0.25) is 5.13 Å². The van der Waals surface area contributed by atoms with Crippen LogP contribution in [0.25, 0.3) is 10.8 Å². The van der Waals surface area contributed by atoms with Crippen LogP contribution in [0.15, 0.2) is 66.7 Å². The number of nitrogens with zero attached hydrogens (tertiary/aromatic N) is 4. The van der Waals surface area contributed by atoms with Crippen molar-refractivity contribution in [2.75, 3.05) is 31.1 Å². The molecule has 32 heavy (non-hydrogen) atoms. The molecule has 0 bridgehead atoms. The summed E-state index contributed by atoms with van der Waals surface area (Å²) in [5.74, 6) is 0.916. The second kappa shape index (κ2) is 9.27. The molecule has 0 unspecified atom stereocenters. The lowest BCUT2D eigenvalue weighted by Gasteiger charge is -2.21. The molecule has 5 rings (SSSR count). The van der Waals surface area contributed by atoms with Gasteiger partial charge in [0.25, 0.3) is 5.91 Å². The molecule has 162 valence electrons. The first kappa shape index (κ1) is 20.9. The van der Waals surface area contributed by atoms with E-state index in [0.29, 0.717) is 13.0 Å². The van der Waals surface area contributed by atoms with Gasteiger partial charge in [0, 0.05) is 54.7 Å². The molecule has 1 saturated heterocycles. The molecule has 0 aliphatic carbocycles. The van der Waals surface area contributed by atoms with Crippen molar-refractivity contribution in [2.24, 2.45) is 0 Å². The van der Waals surface area contributed by atoms with Crippen molar-refractivity contribution in [3.05, 3.63) is 88.7 Å². The van der Waals surface area contributed by atoms with E-state index in [2.05, 4.69) is 15.3 Å². The lowest BCUT2D eigenvalue weighted by atomic mass is 10.1. The number of carbonyl (C=O) groups is 1. The predicted octanol–water partition coefficient (Wildman–Crippen LogP) is 5.29. The van der Waals surface area contributed by atoms with E-state index in [-0.39, 0.29) is 5.91 Å². The maximum Gasteiger partial charge on any atom is 0.253 e. The molecule has 1 aliphatic heterocycles. The van der Waals surface area contributed by atoms with E-state index in [4.69, 9.17) is 16.6 Å². The molecule has 0 radical (unpaired) electrons. The number of anilines is 1. The normalized spacial score (nSPS) is 14.5. The van der Waals surface area contributed by atoms with Crippen molar-refractivity contribution >= 4 is 44.9 Å². The second-order valence-corrected chi connectivity index (χ2v) is 9.16. The zero-order valence-corrected chi connectivity index (χ0v) is 19.1. The van der Waals surface area contributed by atoms with Crippen LogP contribution in [-0.4, -0.2) is 46.3 Å². The van der Waals surface area contributed by atoms with E-state index >= 15 is 0 Å². The molecular formula is C25H23ClN4OS. The Hall–Kier alpha value is -2.96. The summed E-state index contributed by atoms with van der Waals surface area (Å²) in [6.45, 7) is 3.06. The third kappa shape index (κ3) is 4.61.